The van der Waals surface area contributed by atoms with E-state index >= 15 is 0 Å². The van der Waals surface area contributed by atoms with Gasteiger partial charge in [0, 0.05) is 38.2 Å². The second-order valence-corrected chi connectivity index (χ2v) is 5.82. The van der Waals surface area contributed by atoms with Gasteiger partial charge in [0.2, 0.25) is 0 Å². The highest BCUT2D eigenvalue weighted by atomic mass is 127. The Morgan fingerprint density at radius 3 is 2.81 bits per heavy atom. The molecule has 0 saturated carbocycles. The Balaban J connectivity index is 0.00000261. The van der Waals surface area contributed by atoms with Crippen molar-refractivity contribution in [2.45, 2.75) is 12.8 Å². The molecule has 0 amide bonds. The lowest BCUT2D eigenvalue weighted by Crippen LogP contribution is -2.32. The van der Waals surface area contributed by atoms with Gasteiger partial charge in [-0.25, -0.2) is 0 Å². The minimum atomic E-state index is 0. The predicted molar refractivity (Wildman–Crippen MR) is 116 cm³/mol. The van der Waals surface area contributed by atoms with Gasteiger partial charge in [-0.15, -0.1) is 24.0 Å². The van der Waals surface area contributed by atoms with Gasteiger partial charge >= 0.3 is 0 Å². The molecule has 0 bridgehead atoms. The molecule has 0 spiro atoms. The standard InChI is InChI=1S/C19H25N3O4.HI/c1-23-13-9-21-19(20-8-7-16-4-2-10-24-16)22-15-5-6-17-18(14-15)26-12-3-11-25-17;/h2,4-6,10,14H,3,7-9,11-13H2,1H3,(H2,20,21,22);1H. The molecule has 0 radical (unpaired) electrons. The molecule has 27 heavy (non-hydrogen) atoms. The van der Waals surface area contributed by atoms with E-state index < -0.39 is 0 Å². The molecule has 0 fully saturated rings. The Morgan fingerprint density at radius 2 is 2.04 bits per heavy atom. The lowest BCUT2D eigenvalue weighted by molar-refractivity contribution is 0.208. The largest absolute Gasteiger partial charge is 0.490 e. The Hall–Kier alpha value is -1.94. The Labute approximate surface area is 176 Å². The van der Waals surface area contributed by atoms with Crippen molar-refractivity contribution in [3.63, 3.8) is 0 Å². The van der Waals surface area contributed by atoms with Crippen molar-refractivity contribution < 1.29 is 18.6 Å². The van der Waals surface area contributed by atoms with Crippen LogP contribution in [-0.2, 0) is 11.2 Å². The molecule has 148 valence electrons. The zero-order valence-electron chi connectivity index (χ0n) is 15.4. The number of guanidine groups is 1. The van der Waals surface area contributed by atoms with E-state index in [2.05, 4.69) is 15.6 Å². The summed E-state index contributed by atoms with van der Waals surface area (Å²) in [4.78, 5) is 4.52. The van der Waals surface area contributed by atoms with E-state index in [-0.39, 0.29) is 24.0 Å². The summed E-state index contributed by atoms with van der Waals surface area (Å²) < 4.78 is 21.8. The van der Waals surface area contributed by atoms with Crippen LogP contribution in [0, 0.1) is 0 Å². The number of rotatable bonds is 7. The SMILES string of the molecule is COCCN=C(NCCc1ccco1)Nc1ccc2c(c1)OCCCO2.I. The fraction of sp³-hybridized carbons (Fsp3) is 0.421. The van der Waals surface area contributed by atoms with E-state index in [1.54, 1.807) is 13.4 Å². The first-order valence-corrected chi connectivity index (χ1v) is 8.81. The maximum absolute atomic E-state index is 5.74. The average molecular weight is 487 g/mol. The van der Waals surface area contributed by atoms with Crippen molar-refractivity contribution in [2.24, 2.45) is 4.99 Å². The Morgan fingerprint density at radius 1 is 1.19 bits per heavy atom. The smallest absolute Gasteiger partial charge is 0.195 e. The Bertz CT molecular complexity index is 707. The number of hydrogen-bond donors (Lipinski definition) is 2. The summed E-state index contributed by atoms with van der Waals surface area (Å²) in [6.07, 6.45) is 3.34. The average Bonchev–Trinajstić information content (AvgIpc) is 3.05. The molecule has 1 aromatic heterocycles. The highest BCUT2D eigenvalue weighted by molar-refractivity contribution is 14.0. The first kappa shape index (κ1) is 21.4. The van der Waals surface area contributed by atoms with Gasteiger partial charge in [0.05, 0.1) is 32.6 Å². The molecule has 2 N–H and O–H groups in total. The maximum Gasteiger partial charge on any atom is 0.195 e. The topological polar surface area (TPSA) is 77.2 Å². The minimum Gasteiger partial charge on any atom is -0.490 e. The lowest BCUT2D eigenvalue weighted by Gasteiger charge is -2.14. The third-order valence-corrected chi connectivity index (χ3v) is 3.82. The molecular weight excluding hydrogens is 461 g/mol. The summed E-state index contributed by atoms with van der Waals surface area (Å²) in [5, 5.41) is 6.61. The number of methoxy groups -OCH3 is 1. The van der Waals surface area contributed by atoms with Crippen LogP contribution in [-0.4, -0.2) is 46.0 Å². The van der Waals surface area contributed by atoms with Gasteiger partial charge in [-0.1, -0.05) is 0 Å². The molecular formula is C19H26IN3O4. The van der Waals surface area contributed by atoms with Crippen LogP contribution in [0.1, 0.15) is 12.2 Å². The molecule has 8 heteroatoms. The number of aliphatic imine (C=N–C) groups is 1. The summed E-state index contributed by atoms with van der Waals surface area (Å²) in [5.41, 5.74) is 0.885. The fourth-order valence-electron chi connectivity index (χ4n) is 2.53. The van der Waals surface area contributed by atoms with Crippen molar-refractivity contribution in [3.05, 3.63) is 42.4 Å². The normalized spacial score (nSPS) is 13.4. The van der Waals surface area contributed by atoms with E-state index in [4.69, 9.17) is 18.6 Å². The molecule has 1 aromatic carbocycles. The van der Waals surface area contributed by atoms with Crippen molar-refractivity contribution in [1.29, 1.82) is 0 Å². The fourth-order valence-corrected chi connectivity index (χ4v) is 2.53. The van der Waals surface area contributed by atoms with E-state index in [1.807, 2.05) is 30.3 Å². The monoisotopic (exact) mass is 487 g/mol. The minimum absolute atomic E-state index is 0. The van der Waals surface area contributed by atoms with Crippen LogP contribution in [0.2, 0.25) is 0 Å². The summed E-state index contributed by atoms with van der Waals surface area (Å²) >= 11 is 0. The number of anilines is 1. The van der Waals surface area contributed by atoms with Gasteiger partial charge in [0.25, 0.3) is 0 Å². The number of halogens is 1. The van der Waals surface area contributed by atoms with Crippen LogP contribution in [0.3, 0.4) is 0 Å². The highest BCUT2D eigenvalue weighted by Crippen LogP contribution is 2.32. The van der Waals surface area contributed by atoms with E-state index in [0.717, 1.165) is 35.8 Å². The van der Waals surface area contributed by atoms with Crippen molar-refractivity contribution in [3.8, 4) is 11.5 Å². The van der Waals surface area contributed by atoms with Crippen molar-refractivity contribution >= 4 is 35.6 Å². The lowest BCUT2D eigenvalue weighted by atomic mass is 10.2. The van der Waals surface area contributed by atoms with Crippen molar-refractivity contribution in [1.82, 2.24) is 5.32 Å². The number of furan rings is 1. The van der Waals surface area contributed by atoms with Gasteiger partial charge < -0.3 is 29.3 Å². The number of nitrogens with zero attached hydrogens (tertiary/aromatic N) is 1. The van der Waals surface area contributed by atoms with Crippen LogP contribution in [0.5, 0.6) is 11.5 Å². The molecule has 1 aliphatic rings. The van der Waals surface area contributed by atoms with E-state index in [1.165, 1.54) is 0 Å². The molecule has 2 aromatic rings. The first-order valence-electron chi connectivity index (χ1n) is 8.81. The highest BCUT2D eigenvalue weighted by Gasteiger charge is 2.11. The number of ether oxygens (including phenoxy) is 3. The second kappa shape index (κ2) is 11.7. The van der Waals surface area contributed by atoms with Gasteiger partial charge in [-0.05, 0) is 24.3 Å². The molecule has 3 rings (SSSR count). The summed E-state index contributed by atoms with van der Waals surface area (Å²) in [7, 11) is 1.66. The zero-order chi connectivity index (χ0) is 18.0. The number of nitrogens with one attached hydrogen (secondary N) is 2. The van der Waals surface area contributed by atoms with E-state index in [9.17, 15) is 0 Å². The van der Waals surface area contributed by atoms with Gasteiger partial charge in [-0.2, -0.15) is 0 Å². The van der Waals surface area contributed by atoms with Gasteiger partial charge in [0.1, 0.15) is 5.76 Å². The summed E-state index contributed by atoms with van der Waals surface area (Å²) in [6.45, 7) is 3.17. The molecule has 0 atom stereocenters. The van der Waals surface area contributed by atoms with Crippen molar-refractivity contribution in [2.75, 3.05) is 45.3 Å². The van der Waals surface area contributed by atoms with Gasteiger partial charge in [-0.3, -0.25) is 4.99 Å². The number of hydrogen-bond acceptors (Lipinski definition) is 5. The number of fused-ring (bicyclic) bond motifs is 1. The molecule has 7 nitrogen and oxygen atoms in total. The Kier molecular flexibility index (Phi) is 9.26. The van der Waals surface area contributed by atoms with Gasteiger partial charge in [0.15, 0.2) is 17.5 Å². The van der Waals surface area contributed by atoms with Crippen LogP contribution < -0.4 is 20.1 Å². The van der Waals surface area contributed by atoms with Crippen LogP contribution in [0.25, 0.3) is 0 Å². The predicted octanol–water partition coefficient (Wildman–Crippen LogP) is 3.31. The first-order chi connectivity index (χ1) is 12.8. The molecule has 0 aliphatic carbocycles. The third kappa shape index (κ3) is 6.94. The van der Waals surface area contributed by atoms with Crippen LogP contribution in [0.15, 0.2) is 46.0 Å². The van der Waals surface area contributed by atoms with E-state index in [0.29, 0.717) is 38.9 Å². The molecule has 2 heterocycles. The molecule has 0 saturated heterocycles. The second-order valence-electron chi connectivity index (χ2n) is 5.82. The summed E-state index contributed by atoms with van der Waals surface area (Å²) in [5.74, 6) is 3.14. The third-order valence-electron chi connectivity index (χ3n) is 3.82. The zero-order valence-corrected chi connectivity index (χ0v) is 17.7. The summed E-state index contributed by atoms with van der Waals surface area (Å²) in [6, 6.07) is 9.65. The van der Waals surface area contributed by atoms with Crippen LogP contribution >= 0.6 is 24.0 Å². The molecule has 1 aliphatic heterocycles. The number of benzene rings is 1. The maximum atomic E-state index is 5.74. The molecule has 0 unspecified atom stereocenters. The van der Waals surface area contributed by atoms with Crippen LogP contribution in [0.4, 0.5) is 5.69 Å². The quantitative estimate of drug-likeness (QED) is 0.270.